The Bertz CT molecular complexity index is 605. The largest absolute Gasteiger partial charge is 0.374 e. The van der Waals surface area contributed by atoms with E-state index in [9.17, 15) is 0 Å². The monoisotopic (exact) mass is 301 g/mol. The van der Waals surface area contributed by atoms with Crippen LogP contribution in [-0.4, -0.2) is 18.6 Å². The van der Waals surface area contributed by atoms with Crippen molar-refractivity contribution in [3.63, 3.8) is 0 Å². The van der Waals surface area contributed by atoms with Gasteiger partial charge < -0.3 is 10.2 Å². The summed E-state index contributed by atoms with van der Waals surface area (Å²) in [4.78, 5) is 6.79. The topological polar surface area (TPSA) is 28.2 Å². The van der Waals surface area contributed by atoms with Crippen molar-refractivity contribution in [1.82, 2.24) is 10.3 Å². The molecule has 1 aliphatic rings. The Kier molecular flexibility index (Phi) is 4.00. The Morgan fingerprint density at radius 2 is 2.24 bits per heavy atom. The first-order chi connectivity index (χ1) is 10.1. The van der Waals surface area contributed by atoms with Gasteiger partial charge in [0.05, 0.1) is 5.54 Å². The number of hydrogen-bond donors (Lipinski definition) is 1. The molecule has 0 fully saturated rings. The number of aryl methyl sites for hydroxylation is 1. The number of rotatable bonds is 4. The van der Waals surface area contributed by atoms with Gasteiger partial charge in [-0.1, -0.05) is 12.1 Å². The third-order valence-corrected chi connectivity index (χ3v) is 5.29. The number of thiazole rings is 1. The zero-order valence-electron chi connectivity index (χ0n) is 13.0. The Morgan fingerprint density at radius 1 is 1.38 bits per heavy atom. The lowest BCUT2D eigenvalue weighted by molar-refractivity contribution is 0.399. The van der Waals surface area contributed by atoms with Gasteiger partial charge in [0, 0.05) is 37.4 Å². The molecule has 0 bridgehead atoms. The molecule has 0 saturated carbocycles. The van der Waals surface area contributed by atoms with E-state index in [4.69, 9.17) is 0 Å². The van der Waals surface area contributed by atoms with Gasteiger partial charge in [-0.15, -0.1) is 11.3 Å². The maximum atomic E-state index is 4.43. The smallest absolute Gasteiger partial charge is 0.112 e. The molecule has 0 amide bonds. The normalized spacial score (nSPS) is 15.1. The van der Waals surface area contributed by atoms with Crippen molar-refractivity contribution >= 4 is 17.0 Å². The fourth-order valence-electron chi connectivity index (χ4n) is 2.88. The van der Waals surface area contributed by atoms with Crippen LogP contribution in [-0.2, 0) is 18.5 Å². The molecule has 3 nitrogen and oxygen atoms in total. The number of anilines is 1. The van der Waals surface area contributed by atoms with Gasteiger partial charge in [-0.05, 0) is 43.9 Å². The summed E-state index contributed by atoms with van der Waals surface area (Å²) in [6.45, 7) is 6.43. The average Bonchev–Trinajstić information content (AvgIpc) is 3.00. The molecule has 0 aliphatic carbocycles. The second kappa shape index (κ2) is 5.78. The highest BCUT2D eigenvalue weighted by Crippen LogP contribution is 2.27. The van der Waals surface area contributed by atoms with E-state index in [2.05, 4.69) is 54.3 Å². The van der Waals surface area contributed by atoms with E-state index >= 15 is 0 Å². The molecule has 3 rings (SSSR count). The maximum absolute atomic E-state index is 4.43. The van der Waals surface area contributed by atoms with Gasteiger partial charge in [-0.2, -0.15) is 0 Å². The van der Waals surface area contributed by atoms with Crippen molar-refractivity contribution < 1.29 is 0 Å². The van der Waals surface area contributed by atoms with Crippen LogP contribution in [0.1, 0.15) is 36.4 Å². The third-order valence-electron chi connectivity index (χ3n) is 4.20. The van der Waals surface area contributed by atoms with E-state index in [1.807, 2.05) is 11.6 Å². The quantitative estimate of drug-likeness (QED) is 0.936. The van der Waals surface area contributed by atoms with Crippen LogP contribution < -0.4 is 10.2 Å². The molecule has 0 unspecified atom stereocenters. The minimum Gasteiger partial charge on any atom is -0.374 e. The van der Waals surface area contributed by atoms with Crippen molar-refractivity contribution in [2.24, 2.45) is 0 Å². The van der Waals surface area contributed by atoms with Crippen LogP contribution in [0.4, 0.5) is 5.69 Å². The fraction of sp³-hybridized carbons (Fsp3) is 0.471. The fourth-order valence-corrected chi connectivity index (χ4v) is 3.62. The first-order valence-corrected chi connectivity index (χ1v) is 8.42. The van der Waals surface area contributed by atoms with Gasteiger partial charge >= 0.3 is 0 Å². The summed E-state index contributed by atoms with van der Waals surface area (Å²) in [7, 11) is 2.18. The van der Waals surface area contributed by atoms with Crippen molar-refractivity contribution in [2.45, 2.75) is 38.8 Å². The second-order valence-corrected chi connectivity index (χ2v) is 7.20. The van der Waals surface area contributed by atoms with E-state index in [1.54, 1.807) is 11.3 Å². The van der Waals surface area contributed by atoms with Crippen LogP contribution >= 0.6 is 11.3 Å². The lowest BCUT2D eigenvalue weighted by Crippen LogP contribution is -2.36. The molecule has 1 aromatic carbocycles. The molecule has 21 heavy (non-hydrogen) atoms. The molecule has 0 saturated heterocycles. The lowest BCUT2D eigenvalue weighted by atomic mass is 9.99. The van der Waals surface area contributed by atoms with Crippen LogP contribution in [0.15, 0.2) is 29.8 Å². The number of benzene rings is 1. The standard InChI is InChI=1S/C17H23N3S/c1-17(2,16-18-8-10-21-16)19-12-13-6-7-15-14(11-13)5-4-9-20(15)3/h6-8,10-11,19H,4-5,9,12H2,1-3H3. The molecule has 4 heteroatoms. The third kappa shape index (κ3) is 3.11. The number of nitrogens with one attached hydrogen (secondary N) is 1. The first kappa shape index (κ1) is 14.5. The van der Waals surface area contributed by atoms with Crippen molar-refractivity contribution in [3.05, 3.63) is 45.9 Å². The summed E-state index contributed by atoms with van der Waals surface area (Å²) >= 11 is 1.71. The van der Waals surface area contributed by atoms with Gasteiger partial charge in [0.25, 0.3) is 0 Å². The van der Waals surface area contributed by atoms with Crippen LogP contribution in [0.3, 0.4) is 0 Å². The molecule has 1 N–H and O–H groups in total. The van der Waals surface area contributed by atoms with Gasteiger partial charge in [0.1, 0.15) is 5.01 Å². The molecule has 1 aliphatic heterocycles. The minimum absolute atomic E-state index is 0.0825. The number of aromatic nitrogens is 1. The molecule has 2 heterocycles. The average molecular weight is 301 g/mol. The first-order valence-electron chi connectivity index (χ1n) is 7.54. The van der Waals surface area contributed by atoms with Crippen LogP contribution in [0.2, 0.25) is 0 Å². The highest BCUT2D eigenvalue weighted by molar-refractivity contribution is 7.09. The van der Waals surface area contributed by atoms with Crippen molar-refractivity contribution in [2.75, 3.05) is 18.5 Å². The van der Waals surface area contributed by atoms with Crippen LogP contribution in [0.5, 0.6) is 0 Å². The summed E-state index contributed by atoms with van der Waals surface area (Å²) in [5.74, 6) is 0. The second-order valence-electron chi connectivity index (χ2n) is 6.30. The van der Waals surface area contributed by atoms with E-state index in [0.29, 0.717) is 0 Å². The Hall–Kier alpha value is -1.39. The van der Waals surface area contributed by atoms with E-state index < -0.39 is 0 Å². The molecule has 0 spiro atoms. The minimum atomic E-state index is -0.0825. The number of nitrogens with zero attached hydrogens (tertiary/aromatic N) is 2. The summed E-state index contributed by atoms with van der Waals surface area (Å²) < 4.78 is 0. The zero-order chi connectivity index (χ0) is 14.9. The molecule has 0 radical (unpaired) electrons. The van der Waals surface area contributed by atoms with Gasteiger partial charge in [-0.3, -0.25) is 0 Å². The van der Waals surface area contributed by atoms with Gasteiger partial charge in [0.2, 0.25) is 0 Å². The van der Waals surface area contributed by atoms with Gasteiger partial charge in [-0.25, -0.2) is 4.98 Å². The Morgan fingerprint density at radius 3 is 3.00 bits per heavy atom. The van der Waals surface area contributed by atoms with E-state index in [0.717, 1.165) is 11.6 Å². The number of fused-ring (bicyclic) bond motifs is 1. The Balaban J connectivity index is 1.71. The highest BCUT2D eigenvalue weighted by atomic mass is 32.1. The van der Waals surface area contributed by atoms with Crippen molar-refractivity contribution in [1.29, 1.82) is 0 Å². The molecular weight excluding hydrogens is 278 g/mol. The summed E-state index contributed by atoms with van der Waals surface area (Å²) in [5, 5.41) is 6.80. The molecule has 112 valence electrons. The molecule has 1 aromatic heterocycles. The van der Waals surface area contributed by atoms with E-state index in [-0.39, 0.29) is 5.54 Å². The lowest BCUT2D eigenvalue weighted by Gasteiger charge is -2.28. The van der Waals surface area contributed by atoms with Crippen LogP contribution in [0, 0.1) is 0 Å². The van der Waals surface area contributed by atoms with Gasteiger partial charge in [0.15, 0.2) is 0 Å². The van der Waals surface area contributed by atoms with Crippen LogP contribution in [0.25, 0.3) is 0 Å². The summed E-state index contributed by atoms with van der Waals surface area (Å²) in [6, 6.07) is 6.86. The molecular formula is C17H23N3S. The van der Waals surface area contributed by atoms with E-state index in [1.165, 1.54) is 36.2 Å². The van der Waals surface area contributed by atoms with Crippen molar-refractivity contribution in [3.8, 4) is 0 Å². The Labute approximate surface area is 131 Å². The predicted molar refractivity (Wildman–Crippen MR) is 90.0 cm³/mol. The molecule has 0 atom stereocenters. The molecule has 2 aromatic rings. The zero-order valence-corrected chi connectivity index (χ0v) is 13.8. The SMILES string of the molecule is CN1CCCc2cc(CNC(C)(C)c3nccs3)ccc21. The predicted octanol–water partition coefficient (Wildman–Crippen LogP) is 3.55. The summed E-state index contributed by atoms with van der Waals surface area (Å²) in [5.41, 5.74) is 4.15. The summed E-state index contributed by atoms with van der Waals surface area (Å²) in [6.07, 6.45) is 4.33. The highest BCUT2D eigenvalue weighted by Gasteiger charge is 2.22. The maximum Gasteiger partial charge on any atom is 0.112 e. The number of hydrogen-bond acceptors (Lipinski definition) is 4.